The fourth-order valence-electron chi connectivity index (χ4n) is 1.23. The van der Waals surface area contributed by atoms with Gasteiger partial charge >= 0.3 is 5.97 Å². The molecule has 0 spiro atoms. The zero-order valence-corrected chi connectivity index (χ0v) is 6.70. The maximum Gasteiger partial charge on any atom is 0.311 e. The van der Waals surface area contributed by atoms with Crippen LogP contribution in [-0.4, -0.2) is 25.0 Å². The number of nitrogens with two attached hydrogens (primary N) is 1. The Morgan fingerprint density at radius 3 is 2.82 bits per heavy atom. The van der Waals surface area contributed by atoms with Gasteiger partial charge in [0.2, 0.25) is 0 Å². The summed E-state index contributed by atoms with van der Waals surface area (Å²) in [6, 6.07) is -0.0255. The van der Waals surface area contributed by atoms with Gasteiger partial charge in [-0.25, -0.2) is 0 Å². The molecule has 2 N–H and O–H groups in total. The van der Waals surface area contributed by atoms with E-state index >= 15 is 0 Å². The molecule has 1 rings (SSSR count). The van der Waals surface area contributed by atoms with Crippen molar-refractivity contribution in [1.29, 1.82) is 0 Å². The highest BCUT2D eigenvalue weighted by Crippen LogP contribution is 2.20. The lowest BCUT2D eigenvalue weighted by atomic mass is 10.0. The number of nitrogens with zero attached hydrogens (tertiary/aromatic N) is 1. The molecule has 1 aliphatic heterocycles. The largest absolute Gasteiger partial charge is 0.469 e. The van der Waals surface area contributed by atoms with Gasteiger partial charge in [-0.1, -0.05) is 0 Å². The highest BCUT2D eigenvalue weighted by atomic mass is 16.5. The number of carbonyl (C=O) groups is 1. The fourth-order valence-corrected chi connectivity index (χ4v) is 1.23. The van der Waals surface area contributed by atoms with Crippen molar-refractivity contribution in [2.24, 2.45) is 16.6 Å². The van der Waals surface area contributed by atoms with E-state index in [-0.39, 0.29) is 17.9 Å². The van der Waals surface area contributed by atoms with Crippen molar-refractivity contribution < 1.29 is 9.53 Å². The van der Waals surface area contributed by atoms with Crippen LogP contribution in [0.5, 0.6) is 0 Å². The van der Waals surface area contributed by atoms with Gasteiger partial charge < -0.3 is 10.5 Å². The Morgan fingerprint density at radius 2 is 2.45 bits per heavy atom. The van der Waals surface area contributed by atoms with E-state index in [9.17, 15) is 4.79 Å². The second-order valence-corrected chi connectivity index (χ2v) is 2.69. The average Bonchev–Trinajstić information content (AvgIpc) is 2.28. The number of hydrogen-bond donors (Lipinski definition) is 1. The molecule has 2 atom stereocenters. The van der Waals surface area contributed by atoms with Crippen molar-refractivity contribution >= 4 is 11.8 Å². The molecule has 1 aliphatic rings. The number of aliphatic imine (C=N–C) groups is 1. The number of rotatable bonds is 1. The lowest BCUT2D eigenvalue weighted by molar-refractivity contribution is -0.145. The Hall–Kier alpha value is -1.06. The van der Waals surface area contributed by atoms with Crippen LogP contribution in [0.4, 0.5) is 0 Å². The van der Waals surface area contributed by atoms with E-state index in [0.29, 0.717) is 12.3 Å². The van der Waals surface area contributed by atoms with Crippen LogP contribution in [0.1, 0.15) is 13.3 Å². The summed E-state index contributed by atoms with van der Waals surface area (Å²) in [5.41, 5.74) is 5.45. The number of methoxy groups -OCH3 is 1. The van der Waals surface area contributed by atoms with Crippen LogP contribution >= 0.6 is 0 Å². The van der Waals surface area contributed by atoms with Crippen molar-refractivity contribution in [3.8, 4) is 0 Å². The Bertz CT molecular complexity index is 201. The molecule has 0 aromatic heterocycles. The highest BCUT2D eigenvalue weighted by Gasteiger charge is 2.31. The monoisotopic (exact) mass is 156 g/mol. The van der Waals surface area contributed by atoms with E-state index in [4.69, 9.17) is 5.73 Å². The van der Waals surface area contributed by atoms with Gasteiger partial charge in [0.25, 0.3) is 0 Å². The van der Waals surface area contributed by atoms with Crippen LogP contribution in [0.2, 0.25) is 0 Å². The summed E-state index contributed by atoms with van der Waals surface area (Å²) >= 11 is 0. The van der Waals surface area contributed by atoms with Crippen molar-refractivity contribution in [3.63, 3.8) is 0 Å². The Kier molecular flexibility index (Phi) is 2.12. The zero-order chi connectivity index (χ0) is 8.43. The minimum absolute atomic E-state index is 0.0255. The molecule has 0 aliphatic carbocycles. The molecule has 0 radical (unpaired) electrons. The van der Waals surface area contributed by atoms with E-state index in [1.165, 1.54) is 7.11 Å². The van der Waals surface area contributed by atoms with E-state index in [2.05, 4.69) is 9.73 Å². The van der Waals surface area contributed by atoms with Crippen LogP contribution < -0.4 is 5.73 Å². The van der Waals surface area contributed by atoms with Gasteiger partial charge in [-0.3, -0.25) is 9.79 Å². The molecule has 0 fully saturated rings. The molecular weight excluding hydrogens is 144 g/mol. The first-order chi connectivity index (χ1) is 5.15. The second-order valence-electron chi connectivity index (χ2n) is 2.69. The van der Waals surface area contributed by atoms with Gasteiger partial charge in [-0.2, -0.15) is 0 Å². The van der Waals surface area contributed by atoms with Crippen LogP contribution in [0.15, 0.2) is 4.99 Å². The van der Waals surface area contributed by atoms with E-state index < -0.39 is 0 Å². The Balaban J connectivity index is 2.59. The van der Waals surface area contributed by atoms with Crippen LogP contribution in [-0.2, 0) is 9.53 Å². The van der Waals surface area contributed by atoms with Crippen molar-refractivity contribution in [2.75, 3.05) is 7.11 Å². The van der Waals surface area contributed by atoms with Gasteiger partial charge in [0.1, 0.15) is 0 Å². The lowest BCUT2D eigenvalue weighted by Crippen LogP contribution is -2.23. The molecule has 11 heavy (non-hydrogen) atoms. The molecular formula is C7H12N2O2. The number of carbonyl (C=O) groups excluding carboxylic acids is 1. The summed E-state index contributed by atoms with van der Waals surface area (Å²) in [7, 11) is 1.38. The molecule has 0 saturated carbocycles. The standard InChI is InChI=1S/C7H12N2O2/c1-4-5(7(10)11-2)3-6(8)9-4/h4-5H,3H2,1-2H3,(H2,8,9)/t4-,5?/m0/s1. The van der Waals surface area contributed by atoms with Crippen LogP contribution in [0, 0.1) is 5.92 Å². The third-order valence-corrected chi connectivity index (χ3v) is 1.88. The average molecular weight is 156 g/mol. The van der Waals surface area contributed by atoms with Crippen LogP contribution in [0.25, 0.3) is 0 Å². The third kappa shape index (κ3) is 1.50. The second kappa shape index (κ2) is 2.90. The molecule has 1 unspecified atom stereocenters. The molecule has 0 amide bonds. The number of amidine groups is 1. The summed E-state index contributed by atoms with van der Waals surface area (Å²) in [4.78, 5) is 15.1. The van der Waals surface area contributed by atoms with Crippen molar-refractivity contribution in [2.45, 2.75) is 19.4 Å². The highest BCUT2D eigenvalue weighted by molar-refractivity contribution is 5.89. The smallest absolute Gasteiger partial charge is 0.311 e. The summed E-state index contributed by atoms with van der Waals surface area (Å²) in [5, 5.41) is 0. The van der Waals surface area contributed by atoms with Gasteiger partial charge in [0, 0.05) is 6.42 Å². The van der Waals surface area contributed by atoms with Crippen molar-refractivity contribution in [3.05, 3.63) is 0 Å². The van der Waals surface area contributed by atoms with E-state index in [0.717, 1.165) is 0 Å². The topological polar surface area (TPSA) is 64.7 Å². The maximum atomic E-state index is 11.0. The summed E-state index contributed by atoms with van der Waals surface area (Å²) in [5.74, 6) is 0.162. The molecule has 4 nitrogen and oxygen atoms in total. The summed E-state index contributed by atoms with van der Waals surface area (Å²) < 4.78 is 4.59. The molecule has 4 heteroatoms. The normalized spacial score (nSPS) is 29.8. The Labute approximate surface area is 65.4 Å². The van der Waals surface area contributed by atoms with Gasteiger partial charge in [-0.15, -0.1) is 0 Å². The number of ether oxygens (including phenoxy) is 1. The molecule has 0 bridgehead atoms. The number of hydrogen-bond acceptors (Lipinski definition) is 4. The van der Waals surface area contributed by atoms with Crippen LogP contribution in [0.3, 0.4) is 0 Å². The third-order valence-electron chi connectivity index (χ3n) is 1.88. The van der Waals surface area contributed by atoms with Gasteiger partial charge in [0.15, 0.2) is 0 Å². The first-order valence-corrected chi connectivity index (χ1v) is 3.55. The predicted octanol–water partition coefficient (Wildman–Crippen LogP) is -0.0750. The van der Waals surface area contributed by atoms with E-state index in [1.807, 2.05) is 6.92 Å². The van der Waals surface area contributed by atoms with E-state index in [1.54, 1.807) is 0 Å². The predicted molar refractivity (Wildman–Crippen MR) is 41.2 cm³/mol. The minimum atomic E-state index is -0.221. The zero-order valence-electron chi connectivity index (χ0n) is 6.70. The molecule has 62 valence electrons. The van der Waals surface area contributed by atoms with Gasteiger partial charge in [-0.05, 0) is 6.92 Å². The SMILES string of the molecule is COC(=O)C1CC(N)=N[C@H]1C. The minimum Gasteiger partial charge on any atom is -0.469 e. The Morgan fingerprint density at radius 1 is 1.82 bits per heavy atom. The molecule has 0 aromatic rings. The van der Waals surface area contributed by atoms with Crippen molar-refractivity contribution in [1.82, 2.24) is 0 Å². The molecule has 0 saturated heterocycles. The lowest BCUT2D eigenvalue weighted by Gasteiger charge is -2.09. The first kappa shape index (κ1) is 8.04. The number of esters is 1. The van der Waals surface area contributed by atoms with Gasteiger partial charge in [0.05, 0.1) is 24.9 Å². The summed E-state index contributed by atoms with van der Waals surface area (Å²) in [6.07, 6.45) is 0.536. The maximum absolute atomic E-state index is 11.0. The fraction of sp³-hybridized carbons (Fsp3) is 0.714. The summed E-state index contributed by atoms with van der Waals surface area (Å²) in [6.45, 7) is 1.86. The quantitative estimate of drug-likeness (QED) is 0.540. The first-order valence-electron chi connectivity index (χ1n) is 3.55. The molecule has 1 heterocycles. The molecule has 0 aromatic carbocycles.